The van der Waals surface area contributed by atoms with E-state index in [2.05, 4.69) is 72.2 Å². The van der Waals surface area contributed by atoms with E-state index in [0.29, 0.717) is 0 Å². The molecule has 3 heteroatoms. The summed E-state index contributed by atoms with van der Waals surface area (Å²) in [4.78, 5) is 5.17. The Balaban J connectivity index is 1.95. The van der Waals surface area contributed by atoms with Gasteiger partial charge in [-0.3, -0.25) is 0 Å². The summed E-state index contributed by atoms with van der Waals surface area (Å²) in [5, 5.41) is 5.02. The second-order valence-electron chi connectivity index (χ2n) is 7.35. The molecule has 0 unspecified atom stereocenters. The Hall–Kier alpha value is -3.33. The highest BCUT2D eigenvalue weighted by molar-refractivity contribution is 6.23. The fourth-order valence-corrected chi connectivity index (χ4v) is 4.15. The average molecular weight is 365 g/mol. The van der Waals surface area contributed by atoms with E-state index in [9.17, 15) is 0 Å². The molecule has 0 saturated heterocycles. The number of rotatable bonds is 4. The summed E-state index contributed by atoms with van der Waals surface area (Å²) in [6, 6.07) is 25.3. The minimum Gasteiger partial charge on any atom is -0.399 e. The van der Waals surface area contributed by atoms with E-state index in [1.165, 1.54) is 27.1 Å². The zero-order chi connectivity index (χ0) is 19.1. The van der Waals surface area contributed by atoms with E-state index in [-0.39, 0.29) is 0 Å². The van der Waals surface area contributed by atoms with Gasteiger partial charge in [0.15, 0.2) is 0 Å². The van der Waals surface area contributed by atoms with Crippen LogP contribution in [0.25, 0.3) is 44.0 Å². The number of hydrogen-bond donors (Lipinski definition) is 1. The van der Waals surface area contributed by atoms with Crippen LogP contribution in [-0.4, -0.2) is 9.55 Å². The number of nitrogen functional groups attached to an aromatic ring is 1. The zero-order valence-electron chi connectivity index (χ0n) is 16.0. The first-order valence-electron chi connectivity index (χ1n) is 9.93. The smallest absolute Gasteiger partial charge is 0.141 e. The largest absolute Gasteiger partial charge is 0.399 e. The maximum atomic E-state index is 5.92. The van der Waals surface area contributed by atoms with Crippen molar-refractivity contribution in [1.29, 1.82) is 0 Å². The van der Waals surface area contributed by atoms with Gasteiger partial charge in [-0.15, -0.1) is 0 Å². The third kappa shape index (κ3) is 2.55. The normalized spacial score (nSPS) is 11.6. The monoisotopic (exact) mass is 365 g/mol. The van der Waals surface area contributed by atoms with Gasteiger partial charge in [-0.25, -0.2) is 4.98 Å². The van der Waals surface area contributed by atoms with Crippen molar-refractivity contribution in [3.05, 3.63) is 72.8 Å². The van der Waals surface area contributed by atoms with Crippen molar-refractivity contribution >= 4 is 38.3 Å². The first-order valence-corrected chi connectivity index (χ1v) is 9.93. The van der Waals surface area contributed by atoms with Crippen LogP contribution in [0.5, 0.6) is 0 Å². The molecule has 4 aromatic carbocycles. The molecule has 5 rings (SSSR count). The summed E-state index contributed by atoms with van der Waals surface area (Å²) < 4.78 is 2.40. The number of nitrogens with zero attached hydrogens (tertiary/aromatic N) is 2. The summed E-state index contributed by atoms with van der Waals surface area (Å²) >= 11 is 0. The lowest BCUT2D eigenvalue weighted by atomic mass is 10.00. The summed E-state index contributed by atoms with van der Waals surface area (Å²) in [5.74, 6) is 1.02. The van der Waals surface area contributed by atoms with Crippen LogP contribution in [0.2, 0.25) is 0 Å². The van der Waals surface area contributed by atoms with Crippen molar-refractivity contribution in [3.63, 3.8) is 0 Å². The van der Waals surface area contributed by atoms with Crippen molar-refractivity contribution in [2.45, 2.75) is 26.3 Å². The fourth-order valence-electron chi connectivity index (χ4n) is 4.15. The van der Waals surface area contributed by atoms with Gasteiger partial charge in [-0.1, -0.05) is 61.9 Å². The van der Waals surface area contributed by atoms with Gasteiger partial charge in [0.25, 0.3) is 0 Å². The fraction of sp³-hybridized carbons (Fsp3) is 0.160. The Morgan fingerprint density at radius 1 is 0.786 bits per heavy atom. The second-order valence-corrected chi connectivity index (χ2v) is 7.35. The molecule has 5 aromatic rings. The molecule has 0 bridgehead atoms. The number of fused-ring (bicyclic) bond motifs is 6. The van der Waals surface area contributed by atoms with E-state index in [4.69, 9.17) is 10.7 Å². The molecule has 28 heavy (non-hydrogen) atoms. The Morgan fingerprint density at radius 3 is 2.07 bits per heavy atom. The van der Waals surface area contributed by atoms with Crippen LogP contribution in [0.15, 0.2) is 72.8 Å². The highest BCUT2D eigenvalue weighted by Gasteiger charge is 2.18. The minimum atomic E-state index is 0.774. The van der Waals surface area contributed by atoms with Crippen LogP contribution in [0.1, 0.15) is 19.8 Å². The number of nitrogens with two attached hydrogens (primary N) is 1. The molecule has 0 fully saturated rings. The molecule has 0 aliphatic rings. The molecule has 0 atom stereocenters. The predicted octanol–water partition coefficient (Wildman–Crippen LogP) is 6.39. The number of benzene rings is 4. The van der Waals surface area contributed by atoms with Gasteiger partial charge in [-0.05, 0) is 41.5 Å². The van der Waals surface area contributed by atoms with Crippen LogP contribution >= 0.6 is 0 Å². The predicted molar refractivity (Wildman–Crippen MR) is 120 cm³/mol. The number of imidazole rings is 1. The summed E-state index contributed by atoms with van der Waals surface area (Å²) in [6.45, 7) is 3.19. The van der Waals surface area contributed by atoms with Gasteiger partial charge in [-0.2, -0.15) is 0 Å². The molecule has 0 spiro atoms. The van der Waals surface area contributed by atoms with Gasteiger partial charge in [0.05, 0.1) is 11.0 Å². The molecule has 3 nitrogen and oxygen atoms in total. The quantitative estimate of drug-likeness (QED) is 0.296. The molecule has 0 amide bonds. The first-order chi connectivity index (χ1) is 13.8. The van der Waals surface area contributed by atoms with Crippen molar-refractivity contribution < 1.29 is 0 Å². The molecule has 0 aliphatic heterocycles. The molecule has 0 aliphatic carbocycles. The van der Waals surface area contributed by atoms with Crippen molar-refractivity contribution in [3.8, 4) is 11.4 Å². The summed E-state index contributed by atoms with van der Waals surface area (Å²) in [6.07, 6.45) is 2.26. The van der Waals surface area contributed by atoms with Gasteiger partial charge in [0.1, 0.15) is 5.82 Å². The van der Waals surface area contributed by atoms with E-state index in [1.54, 1.807) is 0 Å². The maximum Gasteiger partial charge on any atom is 0.141 e. The molecular formula is C25H23N3. The van der Waals surface area contributed by atoms with Gasteiger partial charge >= 0.3 is 0 Å². The third-order valence-electron chi connectivity index (χ3n) is 5.53. The maximum absolute atomic E-state index is 5.92. The lowest BCUT2D eigenvalue weighted by Crippen LogP contribution is -2.01. The average Bonchev–Trinajstić information content (AvgIpc) is 3.13. The van der Waals surface area contributed by atoms with Gasteiger partial charge in [0.2, 0.25) is 0 Å². The SMILES string of the molecule is CCCCn1c(-c2ccc(N)cc2)nc2c3ccccc3c3ccccc3c21. The summed E-state index contributed by atoms with van der Waals surface area (Å²) in [5.41, 5.74) is 10.1. The topological polar surface area (TPSA) is 43.8 Å². The lowest BCUT2D eigenvalue weighted by Gasteiger charge is -2.12. The lowest BCUT2D eigenvalue weighted by molar-refractivity contribution is 0.652. The number of hydrogen-bond acceptors (Lipinski definition) is 2. The van der Waals surface area contributed by atoms with Crippen LogP contribution in [0.4, 0.5) is 5.69 Å². The molecule has 1 aromatic heterocycles. The highest BCUT2D eigenvalue weighted by atomic mass is 15.1. The summed E-state index contributed by atoms with van der Waals surface area (Å²) in [7, 11) is 0. The highest BCUT2D eigenvalue weighted by Crippen LogP contribution is 2.37. The Morgan fingerprint density at radius 2 is 1.39 bits per heavy atom. The van der Waals surface area contributed by atoms with Crippen LogP contribution in [0, 0.1) is 0 Å². The molecular weight excluding hydrogens is 342 g/mol. The Bertz CT molecular complexity index is 1300. The number of aromatic nitrogens is 2. The molecule has 138 valence electrons. The van der Waals surface area contributed by atoms with E-state index in [1.807, 2.05) is 12.1 Å². The zero-order valence-corrected chi connectivity index (χ0v) is 16.0. The minimum absolute atomic E-state index is 0.774. The van der Waals surface area contributed by atoms with Gasteiger partial charge < -0.3 is 10.3 Å². The van der Waals surface area contributed by atoms with Crippen LogP contribution < -0.4 is 5.73 Å². The Kier molecular flexibility index (Phi) is 4.01. The molecule has 2 N–H and O–H groups in total. The van der Waals surface area contributed by atoms with Crippen molar-refractivity contribution in [1.82, 2.24) is 9.55 Å². The molecule has 0 radical (unpaired) electrons. The van der Waals surface area contributed by atoms with Crippen LogP contribution in [0.3, 0.4) is 0 Å². The standard InChI is InChI=1S/C25H23N3/c1-2-3-16-28-24-22-11-7-5-9-20(22)19-8-4-6-10-21(19)23(24)27-25(28)17-12-14-18(26)15-13-17/h4-15H,2-3,16,26H2,1H3. The molecule has 1 heterocycles. The number of anilines is 1. The van der Waals surface area contributed by atoms with E-state index >= 15 is 0 Å². The van der Waals surface area contributed by atoms with Crippen molar-refractivity contribution in [2.75, 3.05) is 5.73 Å². The van der Waals surface area contributed by atoms with Gasteiger partial charge in [0, 0.05) is 28.6 Å². The van der Waals surface area contributed by atoms with Crippen LogP contribution in [-0.2, 0) is 6.54 Å². The number of aryl methyl sites for hydroxylation is 1. The first kappa shape index (κ1) is 16.8. The second kappa shape index (κ2) is 6.68. The molecule has 0 saturated carbocycles. The number of unbranched alkanes of at least 4 members (excludes halogenated alkanes) is 1. The van der Waals surface area contributed by atoms with E-state index < -0.39 is 0 Å². The Labute approximate surface area is 164 Å². The van der Waals surface area contributed by atoms with Crippen molar-refractivity contribution in [2.24, 2.45) is 0 Å². The third-order valence-corrected chi connectivity index (χ3v) is 5.53. The van der Waals surface area contributed by atoms with E-state index in [0.717, 1.165) is 42.0 Å².